The van der Waals surface area contributed by atoms with Crippen LogP contribution in [0.1, 0.15) is 35.2 Å². The zero-order valence-electron chi connectivity index (χ0n) is 14.5. The van der Waals surface area contributed by atoms with Crippen LogP contribution in [0.5, 0.6) is 0 Å². The van der Waals surface area contributed by atoms with Crippen molar-refractivity contribution in [2.75, 3.05) is 25.1 Å². The van der Waals surface area contributed by atoms with Crippen molar-refractivity contribution in [3.05, 3.63) is 35.4 Å². The number of piperidine rings is 1. The minimum Gasteiger partial charge on any atom is -0.340 e. The zero-order chi connectivity index (χ0) is 17.5. The zero-order valence-corrected chi connectivity index (χ0v) is 15.3. The smallest absolute Gasteiger partial charge is 0.251 e. The van der Waals surface area contributed by atoms with Crippen LogP contribution in [-0.4, -0.2) is 53.9 Å². The van der Waals surface area contributed by atoms with Gasteiger partial charge in [0.1, 0.15) is 6.04 Å². The molecular formula is C18H27N3O2S. The van der Waals surface area contributed by atoms with Crippen LogP contribution in [0.3, 0.4) is 0 Å². The van der Waals surface area contributed by atoms with Crippen LogP contribution in [0.25, 0.3) is 0 Å². The normalized spacial score (nSPS) is 19.0. The van der Waals surface area contributed by atoms with Crippen LogP contribution in [0.2, 0.25) is 0 Å². The van der Waals surface area contributed by atoms with E-state index in [4.69, 9.17) is 5.73 Å². The van der Waals surface area contributed by atoms with Crippen molar-refractivity contribution in [1.29, 1.82) is 0 Å². The third-order valence-electron chi connectivity index (χ3n) is 4.26. The van der Waals surface area contributed by atoms with Crippen LogP contribution in [0.4, 0.5) is 0 Å². The Kier molecular flexibility index (Phi) is 7.12. The second-order valence-corrected chi connectivity index (χ2v) is 7.35. The van der Waals surface area contributed by atoms with Gasteiger partial charge in [0.25, 0.3) is 5.91 Å². The average Bonchev–Trinajstić information content (AvgIpc) is 2.57. The number of carbonyl (C=O) groups excluding carboxylic acids is 2. The molecule has 1 saturated heterocycles. The molecule has 1 aromatic rings. The number of hydrogen-bond donors (Lipinski definition) is 2. The lowest BCUT2D eigenvalue weighted by Gasteiger charge is -2.33. The number of benzene rings is 1. The Hall–Kier alpha value is -1.53. The van der Waals surface area contributed by atoms with Gasteiger partial charge in [-0.3, -0.25) is 9.59 Å². The van der Waals surface area contributed by atoms with E-state index in [1.54, 1.807) is 22.7 Å². The molecule has 2 amide bonds. The minimum absolute atomic E-state index is 0.0137. The molecule has 0 spiro atoms. The first-order chi connectivity index (χ1) is 11.5. The molecule has 1 fully saturated rings. The van der Waals surface area contributed by atoms with Gasteiger partial charge in [-0.25, -0.2) is 0 Å². The molecule has 1 aliphatic rings. The molecule has 0 aliphatic carbocycles. The van der Waals surface area contributed by atoms with E-state index in [-0.39, 0.29) is 17.9 Å². The summed E-state index contributed by atoms with van der Waals surface area (Å²) in [5, 5.41) is 2.92. The van der Waals surface area contributed by atoms with E-state index in [0.717, 1.165) is 30.7 Å². The molecule has 0 radical (unpaired) electrons. The molecule has 0 saturated carbocycles. The van der Waals surface area contributed by atoms with Crippen LogP contribution in [0.15, 0.2) is 24.3 Å². The Morgan fingerprint density at radius 3 is 2.92 bits per heavy atom. The Morgan fingerprint density at radius 1 is 1.46 bits per heavy atom. The molecule has 3 N–H and O–H groups in total. The van der Waals surface area contributed by atoms with E-state index < -0.39 is 6.04 Å². The monoisotopic (exact) mass is 349 g/mol. The van der Waals surface area contributed by atoms with Gasteiger partial charge in [-0.1, -0.05) is 17.7 Å². The SMILES string of the molecule is CSCCC(NC(=O)c1cccc(C)c1)C(=O)N1CCCC(N)C1. The van der Waals surface area contributed by atoms with Gasteiger partial charge in [0, 0.05) is 24.7 Å². The first-order valence-electron chi connectivity index (χ1n) is 8.42. The summed E-state index contributed by atoms with van der Waals surface area (Å²) in [5.41, 5.74) is 7.60. The van der Waals surface area contributed by atoms with Crippen molar-refractivity contribution in [3.63, 3.8) is 0 Å². The number of thioether (sulfide) groups is 1. The second kappa shape index (κ2) is 9.08. The van der Waals surface area contributed by atoms with Crippen molar-refractivity contribution >= 4 is 23.6 Å². The summed E-state index contributed by atoms with van der Waals surface area (Å²) in [4.78, 5) is 27.1. The maximum atomic E-state index is 12.8. The van der Waals surface area contributed by atoms with Crippen molar-refractivity contribution in [2.45, 2.75) is 38.3 Å². The quantitative estimate of drug-likeness (QED) is 0.821. The Bertz CT molecular complexity index is 579. The lowest BCUT2D eigenvalue weighted by Crippen LogP contribution is -2.53. The lowest BCUT2D eigenvalue weighted by atomic mass is 10.0. The maximum absolute atomic E-state index is 12.8. The molecular weight excluding hydrogens is 322 g/mol. The summed E-state index contributed by atoms with van der Waals surface area (Å²) in [5.74, 6) is 0.615. The van der Waals surface area contributed by atoms with E-state index in [1.165, 1.54) is 0 Å². The number of nitrogens with zero attached hydrogens (tertiary/aromatic N) is 1. The molecule has 1 aromatic carbocycles. The highest BCUT2D eigenvalue weighted by Gasteiger charge is 2.28. The van der Waals surface area contributed by atoms with Crippen molar-refractivity contribution < 1.29 is 9.59 Å². The van der Waals surface area contributed by atoms with Gasteiger partial charge >= 0.3 is 0 Å². The fourth-order valence-electron chi connectivity index (χ4n) is 2.95. The Morgan fingerprint density at radius 2 is 2.25 bits per heavy atom. The van der Waals surface area contributed by atoms with Crippen LogP contribution in [0, 0.1) is 6.92 Å². The summed E-state index contributed by atoms with van der Waals surface area (Å²) in [6.45, 7) is 3.25. The molecule has 2 unspecified atom stereocenters. The summed E-state index contributed by atoms with van der Waals surface area (Å²) >= 11 is 1.67. The number of nitrogens with two attached hydrogens (primary N) is 1. The van der Waals surface area contributed by atoms with Gasteiger partial charge in [0.15, 0.2) is 0 Å². The molecule has 6 heteroatoms. The molecule has 2 atom stereocenters. The van der Waals surface area contributed by atoms with E-state index in [2.05, 4.69) is 5.32 Å². The third kappa shape index (κ3) is 5.24. The average molecular weight is 350 g/mol. The molecule has 0 bridgehead atoms. The summed E-state index contributed by atoms with van der Waals surface area (Å²) < 4.78 is 0. The Balaban J connectivity index is 2.06. The number of carbonyl (C=O) groups is 2. The predicted molar refractivity (Wildman–Crippen MR) is 99.2 cm³/mol. The number of rotatable bonds is 6. The van der Waals surface area contributed by atoms with Crippen LogP contribution < -0.4 is 11.1 Å². The van der Waals surface area contributed by atoms with Crippen molar-refractivity contribution in [1.82, 2.24) is 10.2 Å². The molecule has 132 valence electrons. The predicted octanol–water partition coefficient (Wildman–Crippen LogP) is 1.80. The number of nitrogens with one attached hydrogen (secondary N) is 1. The second-order valence-electron chi connectivity index (χ2n) is 6.36. The number of likely N-dealkylation sites (tertiary alicyclic amines) is 1. The van der Waals surface area contributed by atoms with Gasteiger partial charge in [-0.05, 0) is 50.3 Å². The van der Waals surface area contributed by atoms with Gasteiger partial charge in [-0.15, -0.1) is 0 Å². The van der Waals surface area contributed by atoms with Crippen LogP contribution >= 0.6 is 11.8 Å². The van der Waals surface area contributed by atoms with Gasteiger partial charge in [0.05, 0.1) is 0 Å². The summed E-state index contributed by atoms with van der Waals surface area (Å²) in [6.07, 6.45) is 4.51. The minimum atomic E-state index is -0.490. The number of aryl methyl sites for hydroxylation is 1. The summed E-state index contributed by atoms with van der Waals surface area (Å²) in [6, 6.07) is 6.96. The highest BCUT2D eigenvalue weighted by Crippen LogP contribution is 2.13. The van der Waals surface area contributed by atoms with E-state index in [0.29, 0.717) is 18.5 Å². The number of amides is 2. The molecule has 24 heavy (non-hydrogen) atoms. The van der Waals surface area contributed by atoms with Crippen LogP contribution in [-0.2, 0) is 4.79 Å². The first-order valence-corrected chi connectivity index (χ1v) is 9.81. The Labute approximate surface area is 148 Å². The van der Waals surface area contributed by atoms with Gasteiger partial charge < -0.3 is 16.0 Å². The van der Waals surface area contributed by atoms with E-state index in [9.17, 15) is 9.59 Å². The van der Waals surface area contributed by atoms with E-state index >= 15 is 0 Å². The van der Waals surface area contributed by atoms with Gasteiger partial charge in [-0.2, -0.15) is 11.8 Å². The molecule has 2 rings (SSSR count). The molecule has 1 aliphatic heterocycles. The van der Waals surface area contributed by atoms with Crippen molar-refractivity contribution in [3.8, 4) is 0 Å². The molecule has 1 heterocycles. The van der Waals surface area contributed by atoms with Crippen molar-refractivity contribution in [2.24, 2.45) is 5.73 Å². The molecule has 5 nitrogen and oxygen atoms in total. The lowest BCUT2D eigenvalue weighted by molar-refractivity contribution is -0.134. The van der Waals surface area contributed by atoms with E-state index in [1.807, 2.05) is 31.4 Å². The highest BCUT2D eigenvalue weighted by molar-refractivity contribution is 7.98. The number of hydrogen-bond acceptors (Lipinski definition) is 4. The summed E-state index contributed by atoms with van der Waals surface area (Å²) in [7, 11) is 0. The first kappa shape index (κ1) is 18.8. The largest absolute Gasteiger partial charge is 0.340 e. The standard InChI is InChI=1S/C18H27N3O2S/c1-13-5-3-6-14(11-13)17(22)20-16(8-10-24-2)18(23)21-9-4-7-15(19)12-21/h3,5-6,11,15-16H,4,7-10,12,19H2,1-2H3,(H,20,22). The maximum Gasteiger partial charge on any atom is 0.251 e. The fraction of sp³-hybridized carbons (Fsp3) is 0.556. The van der Waals surface area contributed by atoms with Gasteiger partial charge in [0.2, 0.25) is 5.91 Å². The third-order valence-corrected chi connectivity index (χ3v) is 4.91. The topological polar surface area (TPSA) is 75.4 Å². The highest BCUT2D eigenvalue weighted by atomic mass is 32.2. The molecule has 0 aromatic heterocycles. The fourth-order valence-corrected chi connectivity index (χ4v) is 3.42.